The predicted molar refractivity (Wildman–Crippen MR) is 234 cm³/mol. The molecule has 5 fully saturated rings. The van der Waals surface area contributed by atoms with Crippen LogP contribution in [0, 0.1) is 182 Å². The van der Waals surface area contributed by atoms with Crippen LogP contribution in [-0.4, -0.2) is 42.3 Å². The molecule has 4 saturated carbocycles. The molecular formula is C45H63N5O4. The van der Waals surface area contributed by atoms with Gasteiger partial charge < -0.3 is 5.32 Å². The Morgan fingerprint density at radius 1 is 0.648 bits per heavy atom. The summed E-state index contributed by atoms with van der Waals surface area (Å²) in [6.45, 7) is 2.70. The van der Waals surface area contributed by atoms with Crippen molar-refractivity contribution in [1.82, 2.24) is 10.2 Å². The molecule has 292 valence electrons. The first-order valence-electron chi connectivity index (χ1n) is 17.7. The van der Waals surface area contributed by atoms with Gasteiger partial charge in [0, 0.05) is 68.6 Å². The second-order valence-corrected chi connectivity index (χ2v) is 12.9. The van der Waals surface area contributed by atoms with E-state index in [1.807, 2.05) is 0 Å². The molecule has 1 saturated heterocycles. The number of fused-ring (bicyclic) bond motifs is 1. The summed E-state index contributed by atoms with van der Waals surface area (Å²) in [5.41, 5.74) is 12.2. The SMILES string of the molecule is C#CC#CC#CC#CC#CC#CC#CC#CC#CC#CC#C.O=C(CN1CCC(C2CC2)CC1)NC1C(C(=O)C2CC2)CC2CCCCC21.O=O.[HH].[HH].[HH].[HH].[HH].[HH].[HH].[HH].[HH].[HH].[HH].[HH].[N-]=[N+]=N. The first-order chi connectivity index (χ1) is 26.5. The summed E-state index contributed by atoms with van der Waals surface area (Å²) in [5, 5.41) is 3.38. The summed E-state index contributed by atoms with van der Waals surface area (Å²) < 4.78 is 0. The third-order valence-corrected chi connectivity index (χ3v) is 9.59. The van der Waals surface area contributed by atoms with E-state index >= 15 is 0 Å². The van der Waals surface area contributed by atoms with Gasteiger partial charge in [-0.1, -0.05) is 19.3 Å². The van der Waals surface area contributed by atoms with E-state index in [1.54, 1.807) is 4.91 Å². The zero-order chi connectivity index (χ0) is 39.2. The standard InChI is InChI=1S/C23H36N2O2.C22H2.HN3.O2.12H2/c26-21(14-25-11-9-16(10-12-25)15-5-6-15)24-22-19-4-2-1-3-18(19)13-20(22)23(27)17-7-8-17;1-3-5-7-9-11-13-15-17-19-21-22-20-18-16-14-12-10-8-6-4-2;1-3-2;1-2;;;;;;;;;;;;/h15-20,22H,1-14H2,(H,24,26);1-2H;1H;;12*1H. The van der Waals surface area contributed by atoms with E-state index in [-0.39, 0.29) is 35.0 Å². The minimum Gasteiger partial charge on any atom is -0.351 e. The molecule has 54 heavy (non-hydrogen) atoms. The molecular weight excluding hydrogens is 675 g/mol. The molecule has 4 aliphatic carbocycles. The first kappa shape index (κ1) is 43.3. The third kappa shape index (κ3) is 17.4. The average molecular weight is 738 g/mol. The summed E-state index contributed by atoms with van der Waals surface area (Å²) >= 11 is 0. The van der Waals surface area contributed by atoms with Crippen molar-refractivity contribution in [2.24, 2.45) is 35.5 Å². The van der Waals surface area contributed by atoms with Crippen molar-refractivity contribution in [2.45, 2.75) is 76.7 Å². The van der Waals surface area contributed by atoms with Crippen LogP contribution in [-0.2, 0) is 9.59 Å². The molecule has 5 rings (SSSR count). The molecule has 9 heteroatoms. The minimum absolute atomic E-state index is 0. The lowest BCUT2D eigenvalue weighted by molar-refractivity contribution is -0.127. The van der Waals surface area contributed by atoms with Gasteiger partial charge in [0.05, 0.1) is 6.54 Å². The summed E-state index contributed by atoms with van der Waals surface area (Å²) in [5.74, 6) is 52.4. The maximum absolute atomic E-state index is 12.9. The van der Waals surface area contributed by atoms with E-state index in [0.29, 0.717) is 30.1 Å². The fraction of sp³-hybridized carbons (Fsp3) is 0.467. The predicted octanol–water partition coefficient (Wildman–Crippen LogP) is 7.58. The van der Waals surface area contributed by atoms with Crippen molar-refractivity contribution >= 4 is 11.7 Å². The number of rotatable bonds is 6. The number of likely N-dealkylation sites (tertiary alicyclic amines) is 1. The van der Waals surface area contributed by atoms with E-state index in [0.717, 1.165) is 44.2 Å². The highest BCUT2D eigenvalue weighted by Crippen LogP contribution is 2.48. The van der Waals surface area contributed by atoms with Gasteiger partial charge in [-0.3, -0.25) is 14.5 Å². The Hall–Kier alpha value is -6.83. The van der Waals surface area contributed by atoms with E-state index in [4.69, 9.17) is 33.8 Å². The van der Waals surface area contributed by atoms with Crippen LogP contribution in [0.3, 0.4) is 0 Å². The van der Waals surface area contributed by atoms with Crippen molar-refractivity contribution in [1.29, 1.82) is 5.53 Å². The van der Waals surface area contributed by atoms with Crippen LogP contribution in [0.15, 0.2) is 0 Å². The lowest BCUT2D eigenvalue weighted by Gasteiger charge is -2.33. The van der Waals surface area contributed by atoms with E-state index in [2.05, 4.69) is 129 Å². The van der Waals surface area contributed by atoms with Crippen molar-refractivity contribution < 1.29 is 26.7 Å². The first-order valence-corrected chi connectivity index (χ1v) is 17.7. The van der Waals surface area contributed by atoms with Crippen LogP contribution in [0.2, 0.25) is 0 Å². The molecule has 1 aliphatic heterocycles. The molecule has 0 aromatic heterocycles. The summed E-state index contributed by atoms with van der Waals surface area (Å²) in [6, 6.07) is 0.125. The number of amides is 1. The third-order valence-electron chi connectivity index (χ3n) is 9.59. The van der Waals surface area contributed by atoms with Gasteiger partial charge in [-0.05, 0) is 193 Å². The molecule has 0 bridgehead atoms. The normalized spacial score (nSPS) is 20.6. The average Bonchev–Trinajstić information content (AvgIpc) is 4.14. The number of piperidine rings is 1. The van der Waals surface area contributed by atoms with E-state index < -0.39 is 0 Å². The van der Waals surface area contributed by atoms with Crippen molar-refractivity contribution in [3.8, 4) is 131 Å². The quantitative estimate of drug-likeness (QED) is 0.125. The summed E-state index contributed by atoms with van der Waals surface area (Å²) in [7, 11) is 0. The Morgan fingerprint density at radius 2 is 1.06 bits per heavy atom. The molecule has 9 nitrogen and oxygen atoms in total. The number of hydrogen-bond donors (Lipinski definition) is 2. The molecule has 0 aromatic rings. The lowest BCUT2D eigenvalue weighted by Crippen LogP contribution is -2.49. The number of Topliss-reactive ketones (excluding diaryl/α,β-unsaturated/α-hetero) is 1. The van der Waals surface area contributed by atoms with Gasteiger partial charge in [-0.2, -0.15) is 0 Å². The second-order valence-electron chi connectivity index (χ2n) is 12.9. The molecule has 0 spiro atoms. The monoisotopic (exact) mass is 737 g/mol. The molecule has 2 N–H and O–H groups in total. The van der Waals surface area contributed by atoms with Crippen LogP contribution in [0.4, 0.5) is 0 Å². The van der Waals surface area contributed by atoms with Gasteiger partial charge in [-0.25, -0.2) is 0 Å². The Balaban J connectivity index is -0.0000000806. The Morgan fingerprint density at radius 3 is 1.46 bits per heavy atom. The molecule has 1 heterocycles. The zero-order valence-corrected chi connectivity index (χ0v) is 30.1. The van der Waals surface area contributed by atoms with Crippen molar-refractivity contribution in [3.63, 3.8) is 0 Å². The van der Waals surface area contributed by atoms with Gasteiger partial charge in [0.1, 0.15) is 5.78 Å². The Bertz CT molecular complexity index is 2000. The van der Waals surface area contributed by atoms with Gasteiger partial charge in [0.15, 0.2) is 0 Å². The maximum atomic E-state index is 12.9. The fourth-order valence-corrected chi connectivity index (χ4v) is 7.10. The van der Waals surface area contributed by atoms with Crippen LogP contribution < -0.4 is 5.32 Å². The van der Waals surface area contributed by atoms with Crippen molar-refractivity contribution in [2.75, 3.05) is 19.6 Å². The molecule has 5 aliphatic rings. The Labute approximate surface area is 337 Å². The van der Waals surface area contributed by atoms with Crippen molar-refractivity contribution in [3.05, 3.63) is 20.4 Å². The number of carbonyl (C=O) groups excluding carboxylic acids is 2. The molecule has 4 atom stereocenters. The maximum Gasteiger partial charge on any atom is 0.234 e. The summed E-state index contributed by atoms with van der Waals surface area (Å²) in [4.78, 5) is 43.8. The minimum atomic E-state index is 0. The van der Waals surface area contributed by atoms with Gasteiger partial charge in [-0.15, -0.1) is 18.4 Å². The van der Waals surface area contributed by atoms with Gasteiger partial charge >= 0.3 is 0 Å². The number of carbonyl (C=O) groups is 2. The van der Waals surface area contributed by atoms with E-state index in [9.17, 15) is 9.59 Å². The van der Waals surface area contributed by atoms with E-state index in [1.165, 1.54) is 51.4 Å². The molecule has 0 radical (unpaired) electrons. The van der Waals surface area contributed by atoms with Gasteiger partial charge in [0.25, 0.3) is 0 Å². The smallest absolute Gasteiger partial charge is 0.234 e. The highest BCUT2D eigenvalue weighted by atomic mass is 16.7. The largest absolute Gasteiger partial charge is 0.351 e. The topological polar surface area (TPSA) is 144 Å². The van der Waals surface area contributed by atoms with Crippen LogP contribution in [0.1, 0.15) is 87.7 Å². The molecule has 0 aromatic carbocycles. The Kier molecular flexibility index (Phi) is 21.6. The lowest BCUT2D eigenvalue weighted by atomic mass is 9.80. The highest BCUT2D eigenvalue weighted by molar-refractivity contribution is 5.87. The van der Waals surface area contributed by atoms with Gasteiger partial charge in [0.2, 0.25) is 5.91 Å². The molecule has 4 unspecified atom stereocenters. The van der Waals surface area contributed by atoms with Crippen LogP contribution >= 0.6 is 0 Å². The number of nitrogens with zero attached hydrogens (tertiary/aromatic N) is 3. The van der Waals surface area contributed by atoms with Crippen LogP contribution in [0.25, 0.3) is 10.4 Å². The second kappa shape index (κ2) is 26.9. The number of nitrogens with one attached hydrogen (secondary N) is 2. The zero-order valence-electron chi connectivity index (χ0n) is 30.1. The number of terminal acetylenes is 2. The number of ketones is 1. The highest BCUT2D eigenvalue weighted by Gasteiger charge is 2.50. The fourth-order valence-electron chi connectivity index (χ4n) is 7.10. The summed E-state index contributed by atoms with van der Waals surface area (Å²) in [6.07, 6.45) is 23.5. The molecule has 1 amide bonds. The number of hydrogen-bond acceptors (Lipinski definition) is 6. The van der Waals surface area contributed by atoms with Crippen LogP contribution in [0.5, 0.6) is 0 Å².